The number of likely N-dealkylation sites (tertiary alicyclic amines) is 1. The Labute approximate surface area is 200 Å². The molecule has 2 heterocycles. The molecule has 0 unspecified atom stereocenters. The number of aromatic hydroxyl groups is 1. The highest BCUT2D eigenvalue weighted by Crippen LogP contribution is 2.65. The molecule has 1 fully saturated rings. The van der Waals surface area contributed by atoms with Gasteiger partial charge in [-0.3, -0.25) is 4.79 Å². The summed E-state index contributed by atoms with van der Waals surface area (Å²) >= 11 is 0. The van der Waals surface area contributed by atoms with Crippen LogP contribution in [-0.4, -0.2) is 86.8 Å². The molecule has 4 N–H and O–H groups in total. The van der Waals surface area contributed by atoms with E-state index in [4.69, 9.17) is 14.6 Å². The summed E-state index contributed by atoms with van der Waals surface area (Å²) in [5.74, 6) is -3.27. The van der Waals surface area contributed by atoms with Crippen LogP contribution in [-0.2, 0) is 35.7 Å². The van der Waals surface area contributed by atoms with Crippen LogP contribution < -0.4 is 4.74 Å². The highest BCUT2D eigenvalue weighted by atomic mass is 16.6. The molecule has 35 heavy (non-hydrogen) atoms. The Hall–Kier alpha value is -3.15. The second-order valence-electron chi connectivity index (χ2n) is 9.71. The molecule has 2 aliphatic heterocycles. The minimum Gasteiger partial charge on any atom is -0.504 e. The zero-order valence-corrected chi connectivity index (χ0v) is 19.3. The SMILES string of the molecule is C[C@H](OC(=O)[C@@H](O)CC(=O)OC1=CC[C@@]2(O)[C@H]3Cc4ccc(O)c5c4[C@@]2(CCN3C)[C@H]1O5)C(=O)O. The van der Waals surface area contributed by atoms with Gasteiger partial charge in [-0.25, -0.2) is 9.59 Å². The van der Waals surface area contributed by atoms with Crippen LogP contribution in [0.25, 0.3) is 0 Å². The van der Waals surface area contributed by atoms with Gasteiger partial charge in [0.15, 0.2) is 29.8 Å². The van der Waals surface area contributed by atoms with Crippen molar-refractivity contribution in [3.8, 4) is 11.5 Å². The van der Waals surface area contributed by atoms with Crippen molar-refractivity contribution < 1.29 is 49.0 Å². The van der Waals surface area contributed by atoms with E-state index >= 15 is 0 Å². The van der Waals surface area contributed by atoms with Crippen molar-refractivity contribution in [2.75, 3.05) is 13.6 Å². The van der Waals surface area contributed by atoms with E-state index in [1.807, 2.05) is 13.1 Å². The zero-order valence-electron chi connectivity index (χ0n) is 19.3. The number of carboxylic acids is 1. The number of nitrogens with zero attached hydrogens (tertiary/aromatic N) is 1. The molecular weight excluding hydrogens is 462 g/mol. The zero-order chi connectivity index (χ0) is 25.3. The Morgan fingerprint density at radius 1 is 1.31 bits per heavy atom. The molecule has 2 bridgehead atoms. The van der Waals surface area contributed by atoms with Crippen molar-refractivity contribution in [1.29, 1.82) is 0 Å². The fourth-order valence-corrected chi connectivity index (χ4v) is 6.15. The van der Waals surface area contributed by atoms with Gasteiger partial charge in [-0.15, -0.1) is 0 Å². The van der Waals surface area contributed by atoms with Crippen molar-refractivity contribution in [1.82, 2.24) is 4.90 Å². The molecule has 11 heteroatoms. The first-order valence-electron chi connectivity index (χ1n) is 11.5. The van der Waals surface area contributed by atoms with Crippen molar-refractivity contribution in [2.24, 2.45) is 0 Å². The number of hydrogen-bond acceptors (Lipinski definition) is 10. The van der Waals surface area contributed by atoms with Crippen LogP contribution in [0.15, 0.2) is 24.0 Å². The van der Waals surface area contributed by atoms with Gasteiger partial charge >= 0.3 is 17.9 Å². The number of likely N-dealkylation sites (N-methyl/N-ethyl adjacent to an activating group) is 1. The van der Waals surface area contributed by atoms with Gasteiger partial charge in [-0.2, -0.15) is 0 Å². The van der Waals surface area contributed by atoms with E-state index in [2.05, 4.69) is 9.64 Å². The summed E-state index contributed by atoms with van der Waals surface area (Å²) in [6, 6.07) is 3.18. The van der Waals surface area contributed by atoms with E-state index < -0.39 is 53.7 Å². The average molecular weight is 489 g/mol. The fraction of sp³-hybridized carbons (Fsp3) is 0.542. The third-order valence-corrected chi connectivity index (χ3v) is 7.86. The summed E-state index contributed by atoms with van der Waals surface area (Å²) in [5, 5.41) is 41.4. The van der Waals surface area contributed by atoms with Gasteiger partial charge in [0.2, 0.25) is 0 Å². The molecule has 0 saturated carbocycles. The number of hydrogen-bond donors (Lipinski definition) is 4. The van der Waals surface area contributed by atoms with Crippen molar-refractivity contribution in [2.45, 2.75) is 68.0 Å². The van der Waals surface area contributed by atoms with Crippen molar-refractivity contribution in [3.63, 3.8) is 0 Å². The van der Waals surface area contributed by atoms with Gasteiger partial charge in [0, 0.05) is 18.0 Å². The minimum absolute atomic E-state index is 0.0661. The lowest BCUT2D eigenvalue weighted by Crippen LogP contribution is -2.74. The number of esters is 2. The number of rotatable bonds is 6. The molecule has 1 spiro atoms. The van der Waals surface area contributed by atoms with Crippen LogP contribution in [0.2, 0.25) is 0 Å². The smallest absolute Gasteiger partial charge is 0.344 e. The third kappa shape index (κ3) is 3.25. The Bertz CT molecular complexity index is 1150. The molecule has 2 aliphatic carbocycles. The van der Waals surface area contributed by atoms with Gasteiger partial charge < -0.3 is 39.5 Å². The summed E-state index contributed by atoms with van der Waals surface area (Å²) < 4.78 is 16.3. The van der Waals surface area contributed by atoms with Gasteiger partial charge in [-0.05, 0) is 51.1 Å². The normalized spacial score (nSPS) is 31.9. The van der Waals surface area contributed by atoms with E-state index in [-0.39, 0.29) is 29.7 Å². The largest absolute Gasteiger partial charge is 0.504 e. The number of carbonyl (C=O) groups is 3. The first-order valence-corrected chi connectivity index (χ1v) is 11.5. The number of piperidine rings is 1. The highest BCUT2D eigenvalue weighted by molar-refractivity contribution is 5.84. The average Bonchev–Trinajstić information content (AvgIpc) is 3.15. The quantitative estimate of drug-likeness (QED) is 0.397. The maximum Gasteiger partial charge on any atom is 0.344 e. The van der Waals surface area contributed by atoms with Crippen LogP contribution in [0.4, 0.5) is 0 Å². The monoisotopic (exact) mass is 489 g/mol. The molecule has 188 valence electrons. The number of phenolic OH excluding ortho intramolecular Hbond substituents is 1. The van der Waals surface area contributed by atoms with Gasteiger partial charge in [0.25, 0.3) is 0 Å². The Morgan fingerprint density at radius 3 is 2.77 bits per heavy atom. The number of phenols is 1. The predicted octanol–water partition coefficient (Wildman–Crippen LogP) is -0.0196. The molecule has 0 aromatic heterocycles. The standard InChI is InChI=1S/C24H27NO10/c1-11(21(29)30)33-22(31)14(27)10-17(28)34-15-5-6-24(32)16-9-12-3-4-13(26)19-18(12)23(24,20(15)35-19)7-8-25(16)2/h3-5,11,14,16,20,26-27,32H,6-10H2,1-2H3,(H,29,30)/t11-,14-,16+,20-,23-,24+/m0/s1. The molecule has 5 rings (SSSR count). The number of benzene rings is 1. The molecule has 0 amide bonds. The highest BCUT2D eigenvalue weighted by Gasteiger charge is 2.72. The summed E-state index contributed by atoms with van der Waals surface area (Å²) in [6.07, 6.45) is -2.20. The van der Waals surface area contributed by atoms with Gasteiger partial charge in [0.1, 0.15) is 5.76 Å². The lowest BCUT2D eigenvalue weighted by Gasteiger charge is -2.61. The third-order valence-electron chi connectivity index (χ3n) is 7.86. The maximum absolute atomic E-state index is 12.6. The van der Waals surface area contributed by atoms with E-state index in [0.29, 0.717) is 19.4 Å². The predicted molar refractivity (Wildman–Crippen MR) is 116 cm³/mol. The second kappa shape index (κ2) is 7.94. The van der Waals surface area contributed by atoms with Crippen LogP contribution in [0.3, 0.4) is 0 Å². The number of carboxylic acid groups (broad SMARTS) is 1. The molecular formula is C24H27NO10. The number of carbonyl (C=O) groups excluding carboxylic acids is 2. The summed E-state index contributed by atoms with van der Waals surface area (Å²) in [6.45, 7) is 1.78. The molecule has 4 aliphatic rings. The molecule has 1 aromatic carbocycles. The Balaban J connectivity index is 1.41. The second-order valence-corrected chi connectivity index (χ2v) is 9.71. The topological polar surface area (TPSA) is 163 Å². The summed E-state index contributed by atoms with van der Waals surface area (Å²) in [5.41, 5.74) is -0.463. The van der Waals surface area contributed by atoms with E-state index in [0.717, 1.165) is 18.1 Å². The summed E-state index contributed by atoms with van der Waals surface area (Å²) in [7, 11) is 1.96. The molecule has 0 radical (unpaired) electrons. The number of aliphatic hydroxyl groups excluding tert-OH is 1. The van der Waals surface area contributed by atoms with Crippen LogP contribution in [0, 0.1) is 0 Å². The fourth-order valence-electron chi connectivity index (χ4n) is 6.15. The van der Waals surface area contributed by atoms with Crippen molar-refractivity contribution in [3.05, 3.63) is 35.1 Å². The van der Waals surface area contributed by atoms with Gasteiger partial charge in [0.05, 0.1) is 17.4 Å². The Morgan fingerprint density at radius 2 is 2.06 bits per heavy atom. The molecule has 6 atom stereocenters. The number of ether oxygens (including phenoxy) is 3. The molecule has 1 aromatic rings. The lowest BCUT2D eigenvalue weighted by atomic mass is 9.50. The van der Waals surface area contributed by atoms with Crippen molar-refractivity contribution >= 4 is 17.9 Å². The molecule has 11 nitrogen and oxygen atoms in total. The van der Waals surface area contributed by atoms with E-state index in [1.165, 1.54) is 0 Å². The Kier molecular flexibility index (Phi) is 5.35. The summed E-state index contributed by atoms with van der Waals surface area (Å²) in [4.78, 5) is 37.5. The van der Waals surface area contributed by atoms with E-state index in [9.17, 15) is 29.7 Å². The first kappa shape index (κ1) is 23.6. The first-order chi connectivity index (χ1) is 16.5. The lowest BCUT2D eigenvalue weighted by molar-refractivity contribution is -0.173. The van der Waals surface area contributed by atoms with Crippen LogP contribution >= 0.6 is 0 Å². The van der Waals surface area contributed by atoms with E-state index in [1.54, 1.807) is 12.1 Å². The maximum atomic E-state index is 12.6. The van der Waals surface area contributed by atoms with Gasteiger partial charge in [-0.1, -0.05) is 6.07 Å². The number of aliphatic carboxylic acids is 1. The van der Waals surface area contributed by atoms with Crippen LogP contribution in [0.5, 0.6) is 11.5 Å². The van der Waals surface area contributed by atoms with Crippen LogP contribution in [0.1, 0.15) is 37.3 Å². The molecule has 1 saturated heterocycles. The minimum atomic E-state index is -1.91. The number of aliphatic hydroxyl groups is 2.